The fraction of sp³-hybridized carbons (Fsp3) is 0.625. The maximum absolute atomic E-state index is 5.11. The Kier molecular flexibility index (Phi) is 2.49. The molecule has 0 bridgehead atoms. The summed E-state index contributed by atoms with van der Waals surface area (Å²) in [7, 11) is 1.91. The van der Waals surface area contributed by atoms with Crippen molar-refractivity contribution in [3.63, 3.8) is 0 Å². The van der Waals surface area contributed by atoms with Gasteiger partial charge < -0.3 is 0 Å². The molecule has 0 aliphatic heterocycles. The van der Waals surface area contributed by atoms with Gasteiger partial charge in [-0.25, -0.2) is 5.90 Å². The van der Waals surface area contributed by atoms with Crippen LogP contribution in [0.4, 0.5) is 0 Å². The Bertz CT molecular complexity index is 280. The molecule has 0 aliphatic carbocycles. The second-order valence-corrected chi connectivity index (χ2v) is 2.99. The van der Waals surface area contributed by atoms with Crippen molar-refractivity contribution >= 4 is 0 Å². The van der Waals surface area contributed by atoms with Crippen LogP contribution in [0.1, 0.15) is 30.0 Å². The van der Waals surface area contributed by atoms with Crippen LogP contribution >= 0.6 is 0 Å². The summed E-state index contributed by atoms with van der Waals surface area (Å²) in [6, 6.07) is 0. The quantitative estimate of drug-likeness (QED) is 0.672. The molecule has 1 rings (SSSR count). The summed E-state index contributed by atoms with van der Waals surface area (Å²) in [6.45, 7) is 5.87. The molecular formula is C8H15N3O. The molecule has 12 heavy (non-hydrogen) atoms. The van der Waals surface area contributed by atoms with Crippen LogP contribution in [0.3, 0.4) is 0 Å². The van der Waals surface area contributed by atoms with Crippen molar-refractivity contribution in [2.75, 3.05) is 0 Å². The zero-order valence-corrected chi connectivity index (χ0v) is 7.96. The highest BCUT2D eigenvalue weighted by molar-refractivity contribution is 5.26. The number of hydrogen-bond donors (Lipinski definition) is 1. The van der Waals surface area contributed by atoms with E-state index < -0.39 is 0 Å². The molecule has 1 heterocycles. The lowest BCUT2D eigenvalue weighted by Gasteiger charge is -2.08. The van der Waals surface area contributed by atoms with Crippen molar-refractivity contribution in [1.82, 2.24) is 9.78 Å². The average Bonchev–Trinajstić information content (AvgIpc) is 2.26. The van der Waals surface area contributed by atoms with E-state index in [0.717, 1.165) is 17.0 Å². The minimum atomic E-state index is -0.0845. The lowest BCUT2D eigenvalue weighted by Crippen LogP contribution is -2.07. The van der Waals surface area contributed by atoms with Gasteiger partial charge in [0.15, 0.2) is 0 Å². The summed E-state index contributed by atoms with van der Waals surface area (Å²) in [4.78, 5) is 4.76. The molecule has 1 aromatic rings. The summed E-state index contributed by atoms with van der Waals surface area (Å²) >= 11 is 0. The molecule has 68 valence electrons. The lowest BCUT2D eigenvalue weighted by molar-refractivity contribution is 0.0655. The fourth-order valence-corrected chi connectivity index (χ4v) is 1.45. The van der Waals surface area contributed by atoms with Gasteiger partial charge in [-0.1, -0.05) is 0 Å². The summed E-state index contributed by atoms with van der Waals surface area (Å²) in [6.07, 6.45) is -0.0845. The summed E-state index contributed by atoms with van der Waals surface area (Å²) in [5.41, 5.74) is 3.17. The van der Waals surface area contributed by atoms with Crippen molar-refractivity contribution in [3.05, 3.63) is 17.0 Å². The van der Waals surface area contributed by atoms with Gasteiger partial charge in [0.05, 0.1) is 5.69 Å². The average molecular weight is 169 g/mol. The first-order valence-corrected chi connectivity index (χ1v) is 3.93. The Hall–Kier alpha value is -0.870. The zero-order valence-electron chi connectivity index (χ0n) is 7.96. The van der Waals surface area contributed by atoms with Crippen LogP contribution in [0.25, 0.3) is 0 Å². The molecule has 0 radical (unpaired) electrons. The van der Waals surface area contributed by atoms with Crippen LogP contribution in [0.2, 0.25) is 0 Å². The van der Waals surface area contributed by atoms with Crippen LogP contribution in [0.5, 0.6) is 0 Å². The van der Waals surface area contributed by atoms with E-state index in [-0.39, 0.29) is 6.10 Å². The van der Waals surface area contributed by atoms with E-state index in [1.165, 1.54) is 0 Å². The molecule has 0 aliphatic rings. The number of aryl methyl sites for hydroxylation is 2. The van der Waals surface area contributed by atoms with E-state index in [4.69, 9.17) is 10.7 Å². The predicted octanol–water partition coefficient (Wildman–Crippen LogP) is 0.988. The Morgan fingerprint density at radius 1 is 1.50 bits per heavy atom. The van der Waals surface area contributed by atoms with E-state index in [9.17, 15) is 0 Å². The van der Waals surface area contributed by atoms with Gasteiger partial charge in [-0.2, -0.15) is 5.10 Å². The number of nitrogens with two attached hydrogens (primary N) is 1. The molecule has 0 aromatic carbocycles. The van der Waals surface area contributed by atoms with Gasteiger partial charge in [0.1, 0.15) is 6.10 Å². The van der Waals surface area contributed by atoms with Gasteiger partial charge >= 0.3 is 0 Å². The van der Waals surface area contributed by atoms with E-state index >= 15 is 0 Å². The first-order chi connectivity index (χ1) is 5.57. The first-order valence-electron chi connectivity index (χ1n) is 3.93. The molecule has 1 aromatic heterocycles. The number of nitrogens with zero attached hydrogens (tertiary/aromatic N) is 2. The monoisotopic (exact) mass is 169 g/mol. The third kappa shape index (κ3) is 1.35. The third-order valence-electron chi connectivity index (χ3n) is 2.18. The summed E-state index contributed by atoms with van der Waals surface area (Å²) in [5, 5.41) is 4.26. The van der Waals surface area contributed by atoms with E-state index in [2.05, 4.69) is 5.10 Å². The van der Waals surface area contributed by atoms with Gasteiger partial charge in [0.25, 0.3) is 0 Å². The van der Waals surface area contributed by atoms with Crippen LogP contribution in [0.15, 0.2) is 0 Å². The second-order valence-electron chi connectivity index (χ2n) is 2.99. The Morgan fingerprint density at radius 3 is 2.42 bits per heavy atom. The third-order valence-corrected chi connectivity index (χ3v) is 2.18. The summed E-state index contributed by atoms with van der Waals surface area (Å²) in [5.74, 6) is 5.11. The van der Waals surface area contributed by atoms with E-state index in [1.54, 1.807) is 0 Å². The lowest BCUT2D eigenvalue weighted by atomic mass is 10.1. The SMILES string of the molecule is Cc1nn(C)c(C)c1C(C)ON. The molecule has 0 fully saturated rings. The number of hydrogen-bond acceptors (Lipinski definition) is 3. The Morgan fingerprint density at radius 2 is 2.08 bits per heavy atom. The minimum Gasteiger partial charge on any atom is -0.297 e. The van der Waals surface area contributed by atoms with Gasteiger partial charge in [-0.3, -0.25) is 9.52 Å². The highest BCUT2D eigenvalue weighted by atomic mass is 16.6. The zero-order chi connectivity index (χ0) is 9.30. The topological polar surface area (TPSA) is 53.1 Å². The Balaban J connectivity index is 3.13. The van der Waals surface area contributed by atoms with E-state index in [1.807, 2.05) is 32.5 Å². The molecule has 1 unspecified atom stereocenters. The molecule has 0 spiro atoms. The fourth-order valence-electron chi connectivity index (χ4n) is 1.45. The van der Waals surface area contributed by atoms with Crippen molar-refractivity contribution in [2.45, 2.75) is 26.9 Å². The molecule has 2 N–H and O–H groups in total. The molecular weight excluding hydrogens is 154 g/mol. The van der Waals surface area contributed by atoms with Crippen LogP contribution in [-0.2, 0) is 11.9 Å². The van der Waals surface area contributed by atoms with Crippen molar-refractivity contribution in [1.29, 1.82) is 0 Å². The largest absolute Gasteiger partial charge is 0.297 e. The van der Waals surface area contributed by atoms with Crippen molar-refractivity contribution in [2.24, 2.45) is 12.9 Å². The number of aromatic nitrogens is 2. The maximum Gasteiger partial charge on any atom is 0.104 e. The standard InChI is InChI=1S/C8H15N3O/c1-5-8(7(3)12-9)6(2)11(4)10-5/h7H,9H2,1-4H3. The predicted molar refractivity (Wildman–Crippen MR) is 46.4 cm³/mol. The molecule has 0 saturated carbocycles. The summed E-state index contributed by atoms with van der Waals surface area (Å²) < 4.78 is 1.83. The van der Waals surface area contributed by atoms with E-state index in [0.29, 0.717) is 0 Å². The van der Waals surface area contributed by atoms with Crippen molar-refractivity contribution in [3.8, 4) is 0 Å². The molecule has 1 atom stereocenters. The molecule has 4 heteroatoms. The van der Waals surface area contributed by atoms with Gasteiger partial charge in [-0.15, -0.1) is 0 Å². The minimum absolute atomic E-state index is 0.0845. The molecule has 0 saturated heterocycles. The number of rotatable bonds is 2. The van der Waals surface area contributed by atoms with Crippen LogP contribution < -0.4 is 5.90 Å². The Labute approximate surface area is 72.3 Å². The first kappa shape index (κ1) is 9.22. The maximum atomic E-state index is 5.11. The van der Waals surface area contributed by atoms with Gasteiger partial charge in [0.2, 0.25) is 0 Å². The van der Waals surface area contributed by atoms with Crippen LogP contribution in [-0.4, -0.2) is 9.78 Å². The smallest absolute Gasteiger partial charge is 0.104 e. The highest BCUT2D eigenvalue weighted by Gasteiger charge is 2.15. The van der Waals surface area contributed by atoms with Crippen molar-refractivity contribution < 1.29 is 4.84 Å². The normalized spacial score (nSPS) is 13.4. The second kappa shape index (κ2) is 3.25. The van der Waals surface area contributed by atoms with Gasteiger partial charge in [0, 0.05) is 18.3 Å². The molecule has 0 amide bonds. The van der Waals surface area contributed by atoms with Gasteiger partial charge in [-0.05, 0) is 20.8 Å². The highest BCUT2D eigenvalue weighted by Crippen LogP contribution is 2.21. The van der Waals surface area contributed by atoms with Crippen LogP contribution in [0, 0.1) is 13.8 Å². The molecule has 4 nitrogen and oxygen atoms in total.